The number of anilines is 1. The summed E-state index contributed by atoms with van der Waals surface area (Å²) >= 11 is 0. The predicted octanol–water partition coefficient (Wildman–Crippen LogP) is 2.21. The van der Waals surface area contributed by atoms with Crippen LogP contribution >= 0.6 is 0 Å². The van der Waals surface area contributed by atoms with Gasteiger partial charge in [-0.25, -0.2) is 0 Å². The summed E-state index contributed by atoms with van der Waals surface area (Å²) in [6.45, 7) is 1.98. The summed E-state index contributed by atoms with van der Waals surface area (Å²) < 4.78 is 18.6. The SMILES string of the molecule is COCC1CCN(c2cccc(F)c2[N+](=O)[O-])C1. The second kappa shape index (κ2) is 5.30. The van der Waals surface area contributed by atoms with Crippen molar-refractivity contribution in [3.8, 4) is 0 Å². The number of halogens is 1. The molecule has 0 amide bonds. The molecule has 0 aromatic heterocycles. The quantitative estimate of drug-likeness (QED) is 0.610. The highest BCUT2D eigenvalue weighted by atomic mass is 19.1. The molecule has 1 fully saturated rings. The van der Waals surface area contributed by atoms with Crippen molar-refractivity contribution in [3.63, 3.8) is 0 Å². The van der Waals surface area contributed by atoms with Crippen LogP contribution < -0.4 is 4.90 Å². The van der Waals surface area contributed by atoms with Crippen LogP contribution in [0.3, 0.4) is 0 Å². The highest BCUT2D eigenvalue weighted by Gasteiger charge is 2.29. The zero-order chi connectivity index (χ0) is 13.1. The molecule has 1 heterocycles. The molecule has 2 rings (SSSR count). The van der Waals surface area contributed by atoms with Crippen LogP contribution in [0.25, 0.3) is 0 Å². The lowest BCUT2D eigenvalue weighted by atomic mass is 10.1. The normalized spacial score (nSPS) is 19.2. The molecule has 18 heavy (non-hydrogen) atoms. The molecule has 0 bridgehead atoms. The van der Waals surface area contributed by atoms with Crippen molar-refractivity contribution in [1.82, 2.24) is 0 Å². The zero-order valence-electron chi connectivity index (χ0n) is 10.1. The summed E-state index contributed by atoms with van der Waals surface area (Å²) in [7, 11) is 1.63. The molecular weight excluding hydrogens is 239 g/mol. The Bertz CT molecular complexity index is 453. The molecule has 1 aromatic rings. The van der Waals surface area contributed by atoms with Gasteiger partial charge in [-0.05, 0) is 18.6 Å². The first-order chi connectivity index (χ1) is 8.63. The van der Waals surface area contributed by atoms with Crippen molar-refractivity contribution in [2.75, 3.05) is 31.7 Å². The van der Waals surface area contributed by atoms with Crippen LogP contribution in [-0.4, -0.2) is 31.7 Å². The largest absolute Gasteiger partial charge is 0.384 e. The zero-order valence-corrected chi connectivity index (χ0v) is 10.1. The molecule has 0 radical (unpaired) electrons. The fraction of sp³-hybridized carbons (Fsp3) is 0.500. The number of rotatable bonds is 4. The molecule has 1 atom stereocenters. The predicted molar refractivity (Wildman–Crippen MR) is 65.3 cm³/mol. The number of para-hydroxylation sites is 1. The fourth-order valence-corrected chi connectivity index (χ4v) is 2.36. The van der Waals surface area contributed by atoms with Crippen molar-refractivity contribution >= 4 is 11.4 Å². The molecule has 1 saturated heterocycles. The van der Waals surface area contributed by atoms with Crippen LogP contribution in [0.4, 0.5) is 15.8 Å². The van der Waals surface area contributed by atoms with Crippen LogP contribution in [0, 0.1) is 21.8 Å². The number of hydrogen-bond donors (Lipinski definition) is 0. The molecule has 0 N–H and O–H groups in total. The summed E-state index contributed by atoms with van der Waals surface area (Å²) in [4.78, 5) is 12.1. The second-order valence-corrected chi connectivity index (χ2v) is 4.42. The van der Waals surface area contributed by atoms with Gasteiger partial charge in [0.1, 0.15) is 5.69 Å². The topological polar surface area (TPSA) is 55.6 Å². The Morgan fingerprint density at radius 1 is 1.61 bits per heavy atom. The molecule has 1 aromatic carbocycles. The first kappa shape index (κ1) is 12.8. The Morgan fingerprint density at radius 2 is 2.39 bits per heavy atom. The number of nitro groups is 1. The summed E-state index contributed by atoms with van der Waals surface area (Å²) in [5.41, 5.74) is -0.0748. The van der Waals surface area contributed by atoms with Crippen molar-refractivity contribution in [2.45, 2.75) is 6.42 Å². The summed E-state index contributed by atoms with van der Waals surface area (Å²) in [5.74, 6) is -0.439. The van der Waals surface area contributed by atoms with Crippen LogP contribution in [0.2, 0.25) is 0 Å². The van der Waals surface area contributed by atoms with Gasteiger partial charge in [0.15, 0.2) is 0 Å². The maximum atomic E-state index is 13.5. The monoisotopic (exact) mass is 254 g/mol. The van der Waals surface area contributed by atoms with Crippen molar-refractivity contribution < 1.29 is 14.1 Å². The summed E-state index contributed by atoms with van der Waals surface area (Å²) in [6, 6.07) is 4.21. The van der Waals surface area contributed by atoms with Crippen molar-refractivity contribution in [3.05, 3.63) is 34.1 Å². The van der Waals surface area contributed by atoms with Crippen LogP contribution in [-0.2, 0) is 4.74 Å². The van der Waals surface area contributed by atoms with Gasteiger partial charge in [0.2, 0.25) is 5.82 Å². The maximum Gasteiger partial charge on any atom is 0.327 e. The van der Waals surface area contributed by atoms with E-state index in [1.807, 2.05) is 4.90 Å². The molecule has 1 unspecified atom stereocenters. The molecule has 0 spiro atoms. The molecule has 1 aliphatic heterocycles. The minimum absolute atomic E-state index is 0.345. The first-order valence-corrected chi connectivity index (χ1v) is 5.80. The average Bonchev–Trinajstić information content (AvgIpc) is 2.77. The van der Waals surface area contributed by atoms with Gasteiger partial charge in [-0.2, -0.15) is 4.39 Å². The third-order valence-corrected chi connectivity index (χ3v) is 3.18. The third kappa shape index (κ3) is 2.43. The third-order valence-electron chi connectivity index (χ3n) is 3.18. The molecule has 98 valence electrons. The van der Waals surface area contributed by atoms with E-state index >= 15 is 0 Å². The Morgan fingerprint density at radius 3 is 3.06 bits per heavy atom. The van der Waals surface area contributed by atoms with Crippen LogP contribution in [0.1, 0.15) is 6.42 Å². The number of methoxy groups -OCH3 is 1. The Kier molecular flexibility index (Phi) is 3.76. The minimum Gasteiger partial charge on any atom is -0.384 e. The second-order valence-electron chi connectivity index (χ2n) is 4.42. The Balaban J connectivity index is 2.24. The van der Waals surface area contributed by atoms with Gasteiger partial charge in [0.25, 0.3) is 0 Å². The minimum atomic E-state index is -0.785. The van der Waals surface area contributed by atoms with Gasteiger partial charge in [-0.15, -0.1) is 0 Å². The molecular formula is C12H15FN2O3. The molecule has 6 heteroatoms. The maximum absolute atomic E-state index is 13.5. The number of benzene rings is 1. The van der Waals surface area contributed by atoms with E-state index in [1.165, 1.54) is 6.07 Å². The van der Waals surface area contributed by atoms with E-state index < -0.39 is 16.4 Å². The Labute approximate surface area is 104 Å². The lowest BCUT2D eigenvalue weighted by Crippen LogP contribution is -2.22. The average molecular weight is 254 g/mol. The lowest BCUT2D eigenvalue weighted by Gasteiger charge is -2.18. The molecule has 5 nitrogen and oxygen atoms in total. The van der Waals surface area contributed by atoms with E-state index in [2.05, 4.69) is 0 Å². The highest BCUT2D eigenvalue weighted by molar-refractivity contribution is 5.64. The van der Waals surface area contributed by atoms with Crippen LogP contribution in [0.15, 0.2) is 18.2 Å². The van der Waals surface area contributed by atoms with E-state index in [-0.39, 0.29) is 0 Å². The molecule has 0 saturated carbocycles. The molecule has 1 aliphatic rings. The standard InChI is InChI=1S/C12H15FN2O3/c1-18-8-9-5-6-14(7-9)11-4-2-3-10(13)12(11)15(16)17/h2-4,9H,5-8H2,1H3. The van der Waals surface area contributed by atoms with E-state index in [0.717, 1.165) is 12.5 Å². The molecule has 0 aliphatic carbocycles. The fourth-order valence-electron chi connectivity index (χ4n) is 2.36. The van der Waals surface area contributed by atoms with Gasteiger partial charge in [-0.3, -0.25) is 10.1 Å². The number of nitrogens with zero attached hydrogens (tertiary/aromatic N) is 2. The van der Waals surface area contributed by atoms with Crippen molar-refractivity contribution in [2.24, 2.45) is 5.92 Å². The number of hydrogen-bond acceptors (Lipinski definition) is 4. The lowest BCUT2D eigenvalue weighted by molar-refractivity contribution is -0.386. The van der Waals surface area contributed by atoms with Gasteiger partial charge < -0.3 is 9.64 Å². The summed E-state index contributed by atoms with van der Waals surface area (Å²) in [6.07, 6.45) is 0.904. The first-order valence-electron chi connectivity index (χ1n) is 5.80. The number of ether oxygens (including phenoxy) is 1. The summed E-state index contributed by atoms with van der Waals surface area (Å²) in [5, 5.41) is 10.9. The highest BCUT2D eigenvalue weighted by Crippen LogP contribution is 2.33. The van der Waals surface area contributed by atoms with E-state index in [9.17, 15) is 14.5 Å². The van der Waals surface area contributed by atoms with E-state index in [4.69, 9.17) is 4.74 Å². The van der Waals surface area contributed by atoms with Gasteiger partial charge >= 0.3 is 5.69 Å². The van der Waals surface area contributed by atoms with Crippen molar-refractivity contribution in [1.29, 1.82) is 0 Å². The van der Waals surface area contributed by atoms with Gasteiger partial charge in [0, 0.05) is 26.1 Å². The number of nitro benzene ring substituents is 1. The van der Waals surface area contributed by atoms with Crippen LogP contribution in [0.5, 0.6) is 0 Å². The van der Waals surface area contributed by atoms with Gasteiger partial charge in [-0.1, -0.05) is 6.07 Å². The van der Waals surface area contributed by atoms with E-state index in [1.54, 1.807) is 13.2 Å². The Hall–Kier alpha value is -1.69. The van der Waals surface area contributed by atoms with E-state index in [0.29, 0.717) is 31.3 Å². The van der Waals surface area contributed by atoms with Gasteiger partial charge in [0.05, 0.1) is 11.5 Å². The smallest absolute Gasteiger partial charge is 0.327 e.